The minimum absolute atomic E-state index is 0.998. The van der Waals surface area contributed by atoms with Crippen molar-refractivity contribution in [2.24, 2.45) is 4.99 Å². The molecule has 1 N–H and O–H groups in total. The van der Waals surface area contributed by atoms with Crippen LogP contribution in [0.4, 0.5) is 0 Å². The Morgan fingerprint density at radius 2 is 2.29 bits per heavy atom. The van der Waals surface area contributed by atoms with Crippen LogP contribution < -0.4 is 5.32 Å². The SMILES string of the molecule is CCC1=C(SC)NC(=NC)C(C)=CC1. The van der Waals surface area contributed by atoms with Crippen LogP contribution in [-0.4, -0.2) is 19.1 Å². The Morgan fingerprint density at radius 3 is 2.79 bits per heavy atom. The van der Waals surface area contributed by atoms with E-state index in [1.807, 2.05) is 7.05 Å². The Balaban J connectivity index is 3.00. The van der Waals surface area contributed by atoms with Crippen LogP contribution in [0, 0.1) is 0 Å². The number of hydrogen-bond donors (Lipinski definition) is 1. The molecule has 1 aliphatic rings. The highest BCUT2D eigenvalue weighted by Gasteiger charge is 2.11. The van der Waals surface area contributed by atoms with Crippen molar-refractivity contribution in [3.8, 4) is 0 Å². The molecule has 0 aromatic rings. The highest BCUT2D eigenvalue weighted by molar-refractivity contribution is 8.02. The van der Waals surface area contributed by atoms with Crippen molar-refractivity contribution in [3.05, 3.63) is 22.3 Å². The summed E-state index contributed by atoms with van der Waals surface area (Å²) in [5, 5.41) is 4.66. The first-order valence-corrected chi connectivity index (χ1v) is 6.12. The lowest BCUT2D eigenvalue weighted by atomic mass is 10.1. The third kappa shape index (κ3) is 2.41. The molecule has 0 fully saturated rings. The Hall–Kier alpha value is -0.700. The van der Waals surface area contributed by atoms with Crippen molar-refractivity contribution in [1.82, 2.24) is 5.32 Å². The highest BCUT2D eigenvalue weighted by Crippen LogP contribution is 2.23. The molecule has 78 valence electrons. The summed E-state index contributed by atoms with van der Waals surface area (Å²) >= 11 is 1.77. The lowest BCUT2D eigenvalue weighted by molar-refractivity contribution is 1.00. The molecule has 0 saturated heterocycles. The molecule has 0 aromatic heterocycles. The molecule has 1 aliphatic heterocycles. The molecule has 0 bridgehead atoms. The van der Waals surface area contributed by atoms with Gasteiger partial charge in [-0.15, -0.1) is 11.8 Å². The second kappa shape index (κ2) is 5.25. The van der Waals surface area contributed by atoms with Gasteiger partial charge in [0, 0.05) is 7.05 Å². The van der Waals surface area contributed by atoms with Crippen LogP contribution in [0.25, 0.3) is 0 Å². The molecule has 0 atom stereocenters. The smallest absolute Gasteiger partial charge is 0.128 e. The maximum Gasteiger partial charge on any atom is 0.128 e. The molecule has 0 unspecified atom stereocenters. The number of nitrogens with one attached hydrogen (secondary N) is 1. The zero-order chi connectivity index (χ0) is 10.6. The Kier molecular flexibility index (Phi) is 4.26. The molecular formula is C11H18N2S. The van der Waals surface area contributed by atoms with Gasteiger partial charge in [-0.25, -0.2) is 0 Å². The number of amidine groups is 1. The molecule has 0 saturated carbocycles. The van der Waals surface area contributed by atoms with E-state index in [1.165, 1.54) is 16.2 Å². The number of aliphatic imine (C=N–C) groups is 1. The first-order valence-electron chi connectivity index (χ1n) is 4.89. The van der Waals surface area contributed by atoms with Crippen molar-refractivity contribution in [1.29, 1.82) is 0 Å². The van der Waals surface area contributed by atoms with E-state index in [1.54, 1.807) is 11.8 Å². The number of hydrogen-bond acceptors (Lipinski definition) is 2. The van der Waals surface area contributed by atoms with Crippen LogP contribution in [0.3, 0.4) is 0 Å². The normalized spacial score (nSPS) is 20.6. The molecule has 0 aromatic carbocycles. The predicted octanol–water partition coefficient (Wildman–Crippen LogP) is 2.94. The van der Waals surface area contributed by atoms with Crippen LogP contribution in [0.15, 0.2) is 27.2 Å². The fourth-order valence-electron chi connectivity index (χ4n) is 1.49. The zero-order valence-electron chi connectivity index (χ0n) is 9.35. The summed E-state index contributed by atoms with van der Waals surface area (Å²) in [4.78, 5) is 4.25. The molecule has 0 spiro atoms. The summed E-state index contributed by atoms with van der Waals surface area (Å²) in [6, 6.07) is 0. The number of thioether (sulfide) groups is 1. The van der Waals surface area contributed by atoms with Crippen molar-refractivity contribution >= 4 is 17.6 Å². The van der Waals surface area contributed by atoms with Gasteiger partial charge < -0.3 is 5.32 Å². The molecule has 14 heavy (non-hydrogen) atoms. The van der Waals surface area contributed by atoms with Gasteiger partial charge in [0.05, 0.1) is 5.03 Å². The van der Waals surface area contributed by atoms with Crippen molar-refractivity contribution in [2.45, 2.75) is 26.7 Å². The van der Waals surface area contributed by atoms with Crippen molar-refractivity contribution < 1.29 is 0 Å². The molecule has 0 amide bonds. The summed E-state index contributed by atoms with van der Waals surface area (Å²) in [6.07, 6.45) is 6.50. The fraction of sp³-hybridized carbons (Fsp3) is 0.545. The minimum atomic E-state index is 0.998. The van der Waals surface area contributed by atoms with Gasteiger partial charge in [-0.05, 0) is 37.2 Å². The minimum Gasteiger partial charge on any atom is -0.335 e. The number of allylic oxidation sites excluding steroid dienone is 2. The lowest BCUT2D eigenvalue weighted by Crippen LogP contribution is -2.22. The zero-order valence-corrected chi connectivity index (χ0v) is 10.2. The molecule has 0 aliphatic carbocycles. The van der Waals surface area contributed by atoms with Gasteiger partial charge in [-0.1, -0.05) is 13.0 Å². The van der Waals surface area contributed by atoms with Gasteiger partial charge >= 0.3 is 0 Å². The molecule has 2 nitrogen and oxygen atoms in total. The predicted molar refractivity (Wildman–Crippen MR) is 65.7 cm³/mol. The van der Waals surface area contributed by atoms with Crippen LogP contribution in [0.2, 0.25) is 0 Å². The summed E-state index contributed by atoms with van der Waals surface area (Å²) in [6.45, 7) is 4.30. The molecular weight excluding hydrogens is 192 g/mol. The van der Waals surface area contributed by atoms with Crippen molar-refractivity contribution in [3.63, 3.8) is 0 Å². The van der Waals surface area contributed by atoms with Gasteiger partial charge in [-0.3, -0.25) is 4.99 Å². The van der Waals surface area contributed by atoms with Gasteiger partial charge in [0.2, 0.25) is 0 Å². The average molecular weight is 210 g/mol. The Labute approximate surface area is 90.6 Å². The van der Waals surface area contributed by atoms with E-state index in [0.717, 1.165) is 18.7 Å². The standard InChI is InChI=1S/C11H18N2S/c1-5-9-7-6-8(2)10(12-3)13-11(9)14-4/h6H,5,7H2,1-4H3,(H,12,13). The Bertz CT molecular complexity index is 294. The molecule has 0 radical (unpaired) electrons. The first-order chi connectivity index (χ1) is 6.72. The maximum atomic E-state index is 4.25. The molecule has 1 rings (SSSR count). The number of nitrogens with zero attached hydrogens (tertiary/aromatic N) is 1. The monoisotopic (exact) mass is 210 g/mol. The van der Waals surface area contributed by atoms with Crippen LogP contribution in [0.5, 0.6) is 0 Å². The van der Waals surface area contributed by atoms with E-state index in [0.29, 0.717) is 0 Å². The van der Waals surface area contributed by atoms with Gasteiger partial charge in [0.1, 0.15) is 5.84 Å². The van der Waals surface area contributed by atoms with E-state index in [9.17, 15) is 0 Å². The van der Waals surface area contributed by atoms with Gasteiger partial charge in [0.15, 0.2) is 0 Å². The second-order valence-corrected chi connectivity index (χ2v) is 4.10. The molecule has 1 heterocycles. The fourth-order valence-corrected chi connectivity index (χ4v) is 2.21. The van der Waals surface area contributed by atoms with Crippen LogP contribution >= 0.6 is 11.8 Å². The van der Waals surface area contributed by atoms with Gasteiger partial charge in [0.25, 0.3) is 0 Å². The average Bonchev–Trinajstić information content (AvgIpc) is 2.37. The number of rotatable bonds is 2. The van der Waals surface area contributed by atoms with E-state index in [2.05, 4.69) is 36.5 Å². The van der Waals surface area contributed by atoms with Crippen LogP contribution in [0.1, 0.15) is 26.7 Å². The van der Waals surface area contributed by atoms with E-state index in [4.69, 9.17) is 0 Å². The second-order valence-electron chi connectivity index (χ2n) is 3.28. The summed E-state index contributed by atoms with van der Waals surface area (Å²) in [5.41, 5.74) is 2.71. The van der Waals surface area contributed by atoms with Gasteiger partial charge in [-0.2, -0.15) is 0 Å². The summed E-state index contributed by atoms with van der Waals surface area (Å²) in [7, 11) is 1.83. The third-order valence-electron chi connectivity index (χ3n) is 2.44. The summed E-state index contributed by atoms with van der Waals surface area (Å²) in [5.74, 6) is 0.998. The van der Waals surface area contributed by atoms with E-state index < -0.39 is 0 Å². The van der Waals surface area contributed by atoms with Crippen LogP contribution in [-0.2, 0) is 0 Å². The largest absolute Gasteiger partial charge is 0.335 e. The highest BCUT2D eigenvalue weighted by atomic mass is 32.2. The van der Waals surface area contributed by atoms with Crippen molar-refractivity contribution in [2.75, 3.05) is 13.3 Å². The first kappa shape index (κ1) is 11.4. The van der Waals surface area contributed by atoms with E-state index in [-0.39, 0.29) is 0 Å². The topological polar surface area (TPSA) is 24.4 Å². The Morgan fingerprint density at radius 1 is 1.57 bits per heavy atom. The summed E-state index contributed by atoms with van der Waals surface area (Å²) < 4.78 is 0. The van der Waals surface area contributed by atoms with E-state index >= 15 is 0 Å². The quantitative estimate of drug-likeness (QED) is 0.758. The maximum absolute atomic E-state index is 4.25. The molecule has 3 heteroatoms. The lowest BCUT2D eigenvalue weighted by Gasteiger charge is -2.11. The third-order valence-corrected chi connectivity index (χ3v) is 3.23.